The molecule has 1 aromatic heterocycles. The molecule has 1 heterocycles. The molecule has 23 heavy (non-hydrogen) atoms. The van der Waals surface area contributed by atoms with Crippen LogP contribution < -0.4 is 4.74 Å². The molecule has 116 valence electrons. The lowest BCUT2D eigenvalue weighted by Crippen LogP contribution is -2.03. The minimum Gasteiger partial charge on any atom is -0.481 e. The minimum atomic E-state index is -1.16. The minimum absolute atomic E-state index is 0.322. The zero-order valence-corrected chi connectivity index (χ0v) is 13.5. The molecule has 0 saturated heterocycles. The Bertz CT molecular complexity index is 808. The molecule has 2 aromatic carbocycles. The second-order valence-corrected chi connectivity index (χ2v) is 6.35. The van der Waals surface area contributed by atoms with Gasteiger partial charge in [-0.15, -0.1) is 0 Å². The van der Waals surface area contributed by atoms with E-state index < -0.39 is 10.8 Å². The summed E-state index contributed by atoms with van der Waals surface area (Å²) in [5.41, 5.74) is 1.59. The van der Waals surface area contributed by atoms with E-state index in [0.29, 0.717) is 23.2 Å². The zero-order valence-electron chi connectivity index (χ0n) is 12.7. The molecule has 0 spiro atoms. The van der Waals surface area contributed by atoms with Crippen LogP contribution in [0.3, 0.4) is 0 Å². The van der Waals surface area contributed by atoms with Gasteiger partial charge in [0.05, 0.1) is 29.4 Å². The fraction of sp³-hybridized carbons (Fsp3) is 0.111. The average Bonchev–Trinajstić information content (AvgIpc) is 2.63. The van der Waals surface area contributed by atoms with Crippen molar-refractivity contribution in [1.29, 1.82) is 0 Å². The zero-order chi connectivity index (χ0) is 16.1. The van der Waals surface area contributed by atoms with Crippen LogP contribution in [-0.2, 0) is 16.6 Å². The van der Waals surface area contributed by atoms with E-state index in [9.17, 15) is 4.21 Å². The lowest BCUT2D eigenvalue weighted by molar-refractivity contribution is 0.397. The molecule has 0 bridgehead atoms. The molecule has 0 aliphatic carbocycles. The Balaban J connectivity index is 1.92. The second kappa shape index (κ2) is 7.15. The van der Waals surface area contributed by atoms with Gasteiger partial charge < -0.3 is 4.74 Å². The molecule has 0 amide bonds. The van der Waals surface area contributed by atoms with Crippen LogP contribution in [0.25, 0.3) is 11.4 Å². The Hall–Kier alpha value is -2.53. The third-order valence-electron chi connectivity index (χ3n) is 3.28. The molecule has 4 nitrogen and oxygen atoms in total. The van der Waals surface area contributed by atoms with Crippen molar-refractivity contribution in [3.63, 3.8) is 0 Å². The third-order valence-corrected chi connectivity index (χ3v) is 4.64. The highest BCUT2D eigenvalue weighted by Crippen LogP contribution is 2.20. The molecule has 0 aliphatic rings. The Labute approximate surface area is 137 Å². The van der Waals surface area contributed by atoms with Gasteiger partial charge in [-0.2, -0.15) is 4.98 Å². The summed E-state index contributed by atoms with van der Waals surface area (Å²) in [6.45, 7) is 0. The average molecular weight is 324 g/mol. The Morgan fingerprint density at radius 1 is 0.957 bits per heavy atom. The van der Waals surface area contributed by atoms with E-state index in [1.807, 2.05) is 60.7 Å². The first kappa shape index (κ1) is 15.4. The van der Waals surface area contributed by atoms with E-state index in [1.165, 1.54) is 0 Å². The fourth-order valence-corrected chi connectivity index (χ4v) is 3.20. The van der Waals surface area contributed by atoms with Gasteiger partial charge in [0.2, 0.25) is 5.88 Å². The third kappa shape index (κ3) is 3.81. The van der Waals surface area contributed by atoms with Crippen molar-refractivity contribution < 1.29 is 8.95 Å². The van der Waals surface area contributed by atoms with Gasteiger partial charge in [0.15, 0.2) is 5.82 Å². The molecule has 3 rings (SSSR count). The van der Waals surface area contributed by atoms with E-state index in [4.69, 9.17) is 4.74 Å². The standard InChI is InChI=1S/C18H16N2O2S/c1-22-17-12-15(13-23(21)16-10-6-3-7-11-16)19-18(20-17)14-8-4-2-5-9-14/h2-12H,13H2,1H3/t23-/m0/s1. The van der Waals surface area contributed by atoms with Gasteiger partial charge in [-0.1, -0.05) is 48.5 Å². The molecule has 0 unspecified atom stereocenters. The van der Waals surface area contributed by atoms with E-state index in [-0.39, 0.29) is 0 Å². The van der Waals surface area contributed by atoms with E-state index in [0.717, 1.165) is 10.5 Å². The first-order chi connectivity index (χ1) is 11.3. The van der Waals surface area contributed by atoms with Gasteiger partial charge in [-0.25, -0.2) is 4.98 Å². The number of benzene rings is 2. The van der Waals surface area contributed by atoms with Crippen molar-refractivity contribution in [2.75, 3.05) is 7.11 Å². The molecule has 0 saturated carbocycles. The Morgan fingerprint density at radius 2 is 1.61 bits per heavy atom. The Morgan fingerprint density at radius 3 is 2.26 bits per heavy atom. The molecule has 0 N–H and O–H groups in total. The predicted octanol–water partition coefficient (Wildman–Crippen LogP) is 3.46. The maximum atomic E-state index is 12.5. The predicted molar refractivity (Wildman–Crippen MR) is 90.6 cm³/mol. The van der Waals surface area contributed by atoms with E-state index >= 15 is 0 Å². The summed E-state index contributed by atoms with van der Waals surface area (Å²) in [6, 6.07) is 20.8. The van der Waals surface area contributed by atoms with Gasteiger partial charge in [0.1, 0.15) is 0 Å². The highest BCUT2D eigenvalue weighted by Gasteiger charge is 2.11. The van der Waals surface area contributed by atoms with E-state index in [2.05, 4.69) is 9.97 Å². The van der Waals surface area contributed by atoms with Crippen LogP contribution in [0.5, 0.6) is 5.88 Å². The van der Waals surface area contributed by atoms with Crippen LogP contribution >= 0.6 is 0 Å². The van der Waals surface area contributed by atoms with Crippen LogP contribution in [0.2, 0.25) is 0 Å². The molecule has 0 fully saturated rings. The summed E-state index contributed by atoms with van der Waals surface area (Å²) in [5.74, 6) is 1.37. The van der Waals surface area contributed by atoms with Crippen molar-refractivity contribution in [2.24, 2.45) is 0 Å². The molecular weight excluding hydrogens is 308 g/mol. The van der Waals surface area contributed by atoms with Gasteiger partial charge in [0, 0.05) is 16.5 Å². The first-order valence-electron chi connectivity index (χ1n) is 7.17. The summed E-state index contributed by atoms with van der Waals surface area (Å²) in [6.07, 6.45) is 0. The molecule has 1 atom stereocenters. The lowest BCUT2D eigenvalue weighted by Gasteiger charge is -2.07. The van der Waals surface area contributed by atoms with Crippen LogP contribution in [-0.4, -0.2) is 21.3 Å². The molecule has 5 heteroatoms. The van der Waals surface area contributed by atoms with Crippen molar-refractivity contribution >= 4 is 10.8 Å². The van der Waals surface area contributed by atoms with Crippen molar-refractivity contribution in [3.8, 4) is 17.3 Å². The van der Waals surface area contributed by atoms with Gasteiger partial charge in [0.25, 0.3) is 0 Å². The SMILES string of the molecule is COc1cc(C[S@](=O)c2ccccc2)nc(-c2ccccc2)n1. The van der Waals surface area contributed by atoms with Gasteiger partial charge in [-0.3, -0.25) is 4.21 Å². The number of hydrogen-bond donors (Lipinski definition) is 0. The second-order valence-electron chi connectivity index (χ2n) is 4.89. The number of methoxy groups -OCH3 is 1. The fourth-order valence-electron chi connectivity index (χ4n) is 2.16. The monoisotopic (exact) mass is 324 g/mol. The van der Waals surface area contributed by atoms with Crippen molar-refractivity contribution in [1.82, 2.24) is 9.97 Å². The maximum absolute atomic E-state index is 12.5. The van der Waals surface area contributed by atoms with Crippen molar-refractivity contribution in [2.45, 2.75) is 10.6 Å². The van der Waals surface area contributed by atoms with Crippen LogP contribution in [0.1, 0.15) is 5.69 Å². The number of hydrogen-bond acceptors (Lipinski definition) is 4. The van der Waals surface area contributed by atoms with Crippen LogP contribution in [0, 0.1) is 0 Å². The number of aromatic nitrogens is 2. The molecule has 0 radical (unpaired) electrons. The van der Waals surface area contributed by atoms with Crippen LogP contribution in [0.4, 0.5) is 0 Å². The number of nitrogens with zero attached hydrogens (tertiary/aromatic N) is 2. The van der Waals surface area contributed by atoms with Gasteiger partial charge in [-0.05, 0) is 12.1 Å². The quantitative estimate of drug-likeness (QED) is 0.721. The summed E-state index contributed by atoms with van der Waals surface area (Å²) < 4.78 is 17.7. The smallest absolute Gasteiger partial charge is 0.216 e. The van der Waals surface area contributed by atoms with E-state index in [1.54, 1.807) is 13.2 Å². The van der Waals surface area contributed by atoms with Crippen molar-refractivity contribution in [3.05, 3.63) is 72.4 Å². The highest BCUT2D eigenvalue weighted by molar-refractivity contribution is 7.84. The normalized spacial score (nSPS) is 11.9. The summed E-state index contributed by atoms with van der Waals surface area (Å²) in [7, 11) is 0.409. The molecule has 0 aliphatic heterocycles. The first-order valence-corrected chi connectivity index (χ1v) is 8.49. The number of rotatable bonds is 5. The topological polar surface area (TPSA) is 52.1 Å². The Kier molecular flexibility index (Phi) is 4.78. The summed E-state index contributed by atoms with van der Waals surface area (Å²) >= 11 is 0. The number of ether oxygens (including phenoxy) is 1. The largest absolute Gasteiger partial charge is 0.481 e. The summed E-state index contributed by atoms with van der Waals surface area (Å²) in [4.78, 5) is 9.69. The lowest BCUT2D eigenvalue weighted by atomic mass is 10.2. The van der Waals surface area contributed by atoms with Gasteiger partial charge >= 0.3 is 0 Å². The highest BCUT2D eigenvalue weighted by atomic mass is 32.2. The van der Waals surface area contributed by atoms with Crippen LogP contribution in [0.15, 0.2) is 71.6 Å². The maximum Gasteiger partial charge on any atom is 0.216 e. The summed E-state index contributed by atoms with van der Waals surface area (Å²) in [5, 5.41) is 0. The molecular formula is C18H16N2O2S. The molecule has 3 aromatic rings.